The summed E-state index contributed by atoms with van der Waals surface area (Å²) in [5.41, 5.74) is -0.151. The van der Waals surface area contributed by atoms with Crippen molar-refractivity contribution in [3.63, 3.8) is 0 Å². The van der Waals surface area contributed by atoms with E-state index in [0.29, 0.717) is 54.4 Å². The number of aldehydes is 1. The molecule has 3 aromatic rings. The van der Waals surface area contributed by atoms with Crippen LogP contribution >= 0.6 is 0 Å². The van der Waals surface area contributed by atoms with Crippen LogP contribution in [0.3, 0.4) is 0 Å². The number of unbranched alkanes of at least 4 members (excludes halogenated alkanes) is 1. The number of rotatable bonds is 13. The highest BCUT2D eigenvalue weighted by atomic mass is 19.3. The first-order chi connectivity index (χ1) is 19.9. The molecule has 1 atom stereocenters. The number of hydrogen-bond donors (Lipinski definition) is 4. The molecular formula is C30H34F3N3O6. The molecule has 0 radical (unpaired) electrons. The van der Waals surface area contributed by atoms with Gasteiger partial charge in [-0.1, -0.05) is 19.9 Å². The molecule has 1 aromatic heterocycles. The topological polar surface area (TPSA) is 122 Å². The zero-order valence-corrected chi connectivity index (χ0v) is 23.4. The number of aliphatic hydroxyl groups is 2. The highest BCUT2D eigenvalue weighted by Crippen LogP contribution is 2.52. The summed E-state index contributed by atoms with van der Waals surface area (Å²) < 4.78 is 53.2. The number of ether oxygens (including phenoxy) is 2. The van der Waals surface area contributed by atoms with Gasteiger partial charge in [0.25, 0.3) is 0 Å². The molecule has 9 nitrogen and oxygen atoms in total. The van der Waals surface area contributed by atoms with E-state index in [4.69, 9.17) is 0 Å². The fourth-order valence-corrected chi connectivity index (χ4v) is 5.33. The summed E-state index contributed by atoms with van der Waals surface area (Å²) in [4.78, 5) is 23.9. The maximum atomic E-state index is 15.5. The molecule has 5 rings (SSSR count). The normalized spacial score (nSPS) is 17.3. The van der Waals surface area contributed by atoms with Gasteiger partial charge in [-0.25, -0.2) is 4.39 Å². The Labute approximate surface area is 240 Å². The molecule has 0 unspecified atom stereocenters. The van der Waals surface area contributed by atoms with Crippen LogP contribution in [0.5, 0.6) is 11.5 Å². The van der Waals surface area contributed by atoms with Gasteiger partial charge in [0.2, 0.25) is 5.91 Å². The van der Waals surface area contributed by atoms with Gasteiger partial charge < -0.3 is 39.7 Å². The number of carbonyl (C=O) groups excluding carboxylic acids is 2. The molecule has 0 bridgehead atoms. The molecule has 0 spiro atoms. The average Bonchev–Trinajstić information content (AvgIpc) is 3.59. The van der Waals surface area contributed by atoms with Gasteiger partial charge in [0.15, 0.2) is 11.5 Å². The molecule has 1 aliphatic heterocycles. The Hall–Kier alpha value is -3.61. The minimum absolute atomic E-state index is 0.0473. The maximum Gasteiger partial charge on any atom is 0.586 e. The minimum atomic E-state index is -3.78. The zero-order valence-electron chi connectivity index (χ0n) is 23.4. The Bertz CT molecular complexity index is 1500. The number of fused-ring (bicyclic) bond motifs is 2. The van der Waals surface area contributed by atoms with Crippen molar-refractivity contribution in [2.45, 2.75) is 69.3 Å². The molecule has 0 saturated heterocycles. The lowest BCUT2D eigenvalue weighted by molar-refractivity contribution is -0.286. The smallest absolute Gasteiger partial charge is 0.395 e. The standard InChI is InChI=1S/C30H34F3N3O6/c1-28(2,17-38)26-12-18-11-22(21(31)14-23(18)36(26)16-20(39)15-34-9-3-4-10-37)35-27(40)29(7-8-29)19-5-6-24-25(13-19)42-30(32,33)41-24/h5-6,10-14,20,34,38-39H,3-4,7-9,15-17H2,1-2H3,(H,35,40)/t20-/m0/s1. The van der Waals surface area contributed by atoms with Gasteiger partial charge in [-0.2, -0.15) is 0 Å². The average molecular weight is 590 g/mol. The third kappa shape index (κ3) is 5.83. The number of amides is 1. The van der Waals surface area contributed by atoms with Crippen LogP contribution in [0, 0.1) is 5.82 Å². The first kappa shape index (κ1) is 29.9. The van der Waals surface area contributed by atoms with Gasteiger partial charge >= 0.3 is 6.29 Å². The van der Waals surface area contributed by atoms with E-state index in [0.717, 1.165) is 6.29 Å². The van der Waals surface area contributed by atoms with E-state index in [1.54, 1.807) is 10.6 Å². The lowest BCUT2D eigenvalue weighted by Gasteiger charge is -2.26. The third-order valence-corrected chi connectivity index (χ3v) is 7.91. The number of benzene rings is 2. The largest absolute Gasteiger partial charge is 0.586 e. The molecule has 4 N–H and O–H groups in total. The van der Waals surface area contributed by atoms with E-state index < -0.39 is 35.0 Å². The van der Waals surface area contributed by atoms with Crippen molar-refractivity contribution in [1.82, 2.24) is 9.88 Å². The molecule has 12 heteroatoms. The van der Waals surface area contributed by atoms with Crippen LogP contribution in [0.1, 0.15) is 50.8 Å². The molecular weight excluding hydrogens is 555 g/mol. The summed E-state index contributed by atoms with van der Waals surface area (Å²) in [5.74, 6) is -1.45. The molecule has 2 heterocycles. The second-order valence-electron chi connectivity index (χ2n) is 11.6. The summed E-state index contributed by atoms with van der Waals surface area (Å²) in [7, 11) is 0. The van der Waals surface area contributed by atoms with Crippen LogP contribution in [0.2, 0.25) is 0 Å². The first-order valence-electron chi connectivity index (χ1n) is 13.9. The van der Waals surface area contributed by atoms with Crippen LogP contribution in [0.4, 0.5) is 18.9 Å². The second kappa shape index (κ2) is 11.2. The fourth-order valence-electron chi connectivity index (χ4n) is 5.33. The van der Waals surface area contributed by atoms with Gasteiger partial charge in [0.1, 0.15) is 12.1 Å². The molecule has 2 aromatic carbocycles. The number of anilines is 1. The van der Waals surface area contributed by atoms with Crippen molar-refractivity contribution < 1.29 is 42.4 Å². The maximum absolute atomic E-state index is 15.5. The van der Waals surface area contributed by atoms with E-state index in [1.807, 2.05) is 13.8 Å². The molecule has 42 heavy (non-hydrogen) atoms. The fraction of sp³-hybridized carbons (Fsp3) is 0.467. The van der Waals surface area contributed by atoms with Gasteiger partial charge in [-0.15, -0.1) is 8.78 Å². The van der Waals surface area contributed by atoms with Gasteiger partial charge in [0, 0.05) is 35.5 Å². The van der Waals surface area contributed by atoms with Crippen molar-refractivity contribution in [1.29, 1.82) is 0 Å². The van der Waals surface area contributed by atoms with E-state index in [-0.39, 0.29) is 36.9 Å². The zero-order chi connectivity index (χ0) is 30.3. The lowest BCUT2D eigenvalue weighted by Crippen LogP contribution is -2.33. The second-order valence-corrected chi connectivity index (χ2v) is 11.6. The van der Waals surface area contributed by atoms with Gasteiger partial charge in [-0.3, -0.25) is 4.79 Å². The van der Waals surface area contributed by atoms with E-state index in [1.165, 1.54) is 30.3 Å². The number of halogens is 3. The first-order valence-corrected chi connectivity index (χ1v) is 13.9. The number of aromatic nitrogens is 1. The molecule has 226 valence electrons. The summed E-state index contributed by atoms with van der Waals surface area (Å²) in [6.45, 7) is 4.42. The Kier molecular flexibility index (Phi) is 7.99. The summed E-state index contributed by atoms with van der Waals surface area (Å²) >= 11 is 0. The molecule has 1 fully saturated rings. The van der Waals surface area contributed by atoms with E-state index in [9.17, 15) is 28.6 Å². The number of alkyl halides is 2. The summed E-state index contributed by atoms with van der Waals surface area (Å²) in [6.07, 6.45) is -1.79. The van der Waals surface area contributed by atoms with Crippen molar-refractivity contribution in [3.8, 4) is 11.5 Å². The molecule has 1 amide bonds. The van der Waals surface area contributed by atoms with Crippen LogP contribution in [0.15, 0.2) is 36.4 Å². The Morgan fingerprint density at radius 1 is 1.17 bits per heavy atom. The predicted molar refractivity (Wildman–Crippen MR) is 148 cm³/mol. The third-order valence-electron chi connectivity index (χ3n) is 7.91. The number of hydrogen-bond acceptors (Lipinski definition) is 7. The summed E-state index contributed by atoms with van der Waals surface area (Å²) in [5, 5.41) is 27.2. The van der Waals surface area contributed by atoms with Crippen LogP contribution in [0.25, 0.3) is 10.9 Å². The molecule has 1 aliphatic carbocycles. The SMILES string of the molecule is CC(C)(CO)c1cc2cc(NC(=O)C3(c4ccc5c(c4)OC(F)(F)O5)CC3)c(F)cc2n1C[C@@H](O)CNCCCC=O. The minimum Gasteiger partial charge on any atom is -0.395 e. The number of aliphatic hydroxyl groups excluding tert-OH is 2. The highest BCUT2D eigenvalue weighted by Gasteiger charge is 2.53. The van der Waals surface area contributed by atoms with Crippen molar-refractivity contribution in [2.24, 2.45) is 0 Å². The van der Waals surface area contributed by atoms with Gasteiger partial charge in [0.05, 0.1) is 35.9 Å². The van der Waals surface area contributed by atoms with Crippen molar-refractivity contribution in [2.75, 3.05) is 25.0 Å². The molecule has 2 aliphatic rings. The number of nitrogens with one attached hydrogen (secondary N) is 2. The van der Waals surface area contributed by atoms with Crippen molar-refractivity contribution in [3.05, 3.63) is 53.5 Å². The van der Waals surface area contributed by atoms with Gasteiger partial charge in [-0.05, 0) is 55.6 Å². The quantitative estimate of drug-likeness (QED) is 0.176. The van der Waals surface area contributed by atoms with E-state index >= 15 is 4.39 Å². The van der Waals surface area contributed by atoms with Crippen molar-refractivity contribution >= 4 is 28.8 Å². The predicted octanol–water partition coefficient (Wildman–Crippen LogP) is 3.97. The van der Waals surface area contributed by atoms with E-state index in [2.05, 4.69) is 20.1 Å². The number of nitrogens with zero attached hydrogens (tertiary/aromatic N) is 1. The summed E-state index contributed by atoms with van der Waals surface area (Å²) in [6, 6.07) is 8.81. The van der Waals surface area contributed by atoms with Crippen LogP contribution < -0.4 is 20.1 Å². The monoisotopic (exact) mass is 589 g/mol. The van der Waals surface area contributed by atoms with Crippen LogP contribution in [-0.4, -0.2) is 59.1 Å². The highest BCUT2D eigenvalue weighted by molar-refractivity contribution is 6.03. The molecule has 1 saturated carbocycles. The Morgan fingerprint density at radius 2 is 1.90 bits per heavy atom. The Balaban J connectivity index is 1.38. The number of carbonyl (C=O) groups is 2. The Morgan fingerprint density at radius 3 is 2.60 bits per heavy atom. The van der Waals surface area contributed by atoms with Crippen LogP contribution in [-0.2, 0) is 27.0 Å². The lowest BCUT2D eigenvalue weighted by atomic mass is 9.90.